The van der Waals surface area contributed by atoms with Gasteiger partial charge in [-0.1, -0.05) is 72.4 Å². The molecule has 0 bridgehead atoms. The Labute approximate surface area is 243 Å². The van der Waals surface area contributed by atoms with Gasteiger partial charge in [0.2, 0.25) is 5.91 Å². The van der Waals surface area contributed by atoms with E-state index in [1.54, 1.807) is 17.8 Å². The molecule has 0 aliphatic heterocycles. The fourth-order valence-corrected chi connectivity index (χ4v) is 5.10. The van der Waals surface area contributed by atoms with Gasteiger partial charge in [0.15, 0.2) is 11.0 Å². The Morgan fingerprint density at radius 1 is 0.780 bits per heavy atom. The predicted molar refractivity (Wildman–Crippen MR) is 166 cm³/mol. The summed E-state index contributed by atoms with van der Waals surface area (Å²) in [6, 6.07) is 34.3. The maximum absolute atomic E-state index is 12.5. The number of amides is 2. The smallest absolute Gasteiger partial charge is 0.255 e. The molecule has 0 unspecified atom stereocenters. The highest BCUT2D eigenvalue weighted by Crippen LogP contribution is 2.27. The summed E-state index contributed by atoms with van der Waals surface area (Å²) in [6.45, 7) is 2.77. The van der Waals surface area contributed by atoms with Crippen LogP contribution in [-0.4, -0.2) is 26.6 Å². The van der Waals surface area contributed by atoms with E-state index in [4.69, 9.17) is 0 Å². The van der Waals surface area contributed by atoms with Crippen molar-refractivity contribution in [2.24, 2.45) is 0 Å². The first-order valence-electron chi connectivity index (χ1n) is 13.2. The van der Waals surface area contributed by atoms with E-state index in [1.807, 2.05) is 109 Å². The molecule has 5 aromatic rings. The van der Waals surface area contributed by atoms with E-state index in [2.05, 4.69) is 32.3 Å². The standard InChI is InChI=1S/C33H29N5O2S/c1-2-38-31(26-18-20-29(21-19-26)34-30(39)22-15-24-9-5-3-6-10-24)36-37-33(38)41-23-25-13-16-27(17-14-25)32(40)35-28-11-7-4-8-12-28/h3-22H,2,23H2,1H3,(H,34,39)(H,35,40)/b22-15+. The molecule has 0 fully saturated rings. The predicted octanol–water partition coefficient (Wildman–Crippen LogP) is 7.16. The number of aromatic nitrogens is 3. The topological polar surface area (TPSA) is 88.9 Å². The van der Waals surface area contributed by atoms with E-state index in [1.165, 1.54) is 6.08 Å². The maximum atomic E-state index is 12.5. The number of nitrogens with one attached hydrogen (secondary N) is 2. The Morgan fingerprint density at radius 2 is 1.44 bits per heavy atom. The molecule has 0 saturated carbocycles. The van der Waals surface area contributed by atoms with Gasteiger partial charge in [-0.05, 0) is 72.7 Å². The molecule has 0 aliphatic carbocycles. The van der Waals surface area contributed by atoms with Gasteiger partial charge in [-0.3, -0.25) is 9.59 Å². The number of para-hydroxylation sites is 1. The number of nitrogens with zero attached hydrogens (tertiary/aromatic N) is 3. The van der Waals surface area contributed by atoms with Crippen LogP contribution in [0.4, 0.5) is 11.4 Å². The van der Waals surface area contributed by atoms with Crippen molar-refractivity contribution in [1.82, 2.24) is 14.8 Å². The van der Waals surface area contributed by atoms with Gasteiger partial charge >= 0.3 is 0 Å². The molecule has 0 radical (unpaired) electrons. The van der Waals surface area contributed by atoms with Crippen LogP contribution in [0.3, 0.4) is 0 Å². The molecule has 2 amide bonds. The molecule has 2 N–H and O–H groups in total. The average Bonchev–Trinajstić information content (AvgIpc) is 3.43. The fraction of sp³-hybridized carbons (Fsp3) is 0.0909. The van der Waals surface area contributed by atoms with Crippen LogP contribution in [0.5, 0.6) is 0 Å². The molecule has 0 spiro atoms. The summed E-state index contributed by atoms with van der Waals surface area (Å²) in [7, 11) is 0. The molecular formula is C33H29N5O2S. The molecule has 0 atom stereocenters. The molecule has 5 rings (SSSR count). The minimum absolute atomic E-state index is 0.139. The molecule has 0 saturated heterocycles. The summed E-state index contributed by atoms with van der Waals surface area (Å²) in [4.78, 5) is 24.8. The number of hydrogen-bond donors (Lipinski definition) is 2. The number of anilines is 2. The number of thioether (sulfide) groups is 1. The third-order valence-corrected chi connectivity index (χ3v) is 7.32. The van der Waals surface area contributed by atoms with Crippen LogP contribution in [0.1, 0.15) is 28.4 Å². The summed E-state index contributed by atoms with van der Waals surface area (Å²) >= 11 is 1.60. The van der Waals surface area contributed by atoms with E-state index < -0.39 is 0 Å². The summed E-state index contributed by atoms with van der Waals surface area (Å²) < 4.78 is 2.07. The Bertz CT molecular complexity index is 1630. The lowest BCUT2D eigenvalue weighted by molar-refractivity contribution is -0.111. The van der Waals surface area contributed by atoms with Gasteiger partial charge in [0.05, 0.1) is 0 Å². The zero-order chi connectivity index (χ0) is 28.4. The normalized spacial score (nSPS) is 11.0. The van der Waals surface area contributed by atoms with Crippen LogP contribution >= 0.6 is 11.8 Å². The fourth-order valence-electron chi connectivity index (χ4n) is 4.14. The molecule has 7 nitrogen and oxygen atoms in total. The van der Waals surface area contributed by atoms with E-state index in [0.717, 1.165) is 33.4 Å². The Balaban J connectivity index is 1.18. The average molecular weight is 560 g/mol. The third kappa shape index (κ3) is 7.38. The van der Waals surface area contributed by atoms with Crippen molar-refractivity contribution in [3.8, 4) is 11.4 Å². The quantitative estimate of drug-likeness (QED) is 0.140. The van der Waals surface area contributed by atoms with Gasteiger partial charge in [-0.25, -0.2) is 0 Å². The van der Waals surface area contributed by atoms with Crippen molar-refractivity contribution in [3.63, 3.8) is 0 Å². The van der Waals surface area contributed by atoms with Crippen molar-refractivity contribution in [1.29, 1.82) is 0 Å². The number of carbonyl (C=O) groups is 2. The number of hydrogen-bond acceptors (Lipinski definition) is 5. The van der Waals surface area contributed by atoms with Crippen molar-refractivity contribution < 1.29 is 9.59 Å². The number of carbonyl (C=O) groups excluding carboxylic acids is 2. The molecule has 8 heteroatoms. The second-order valence-electron chi connectivity index (χ2n) is 9.17. The lowest BCUT2D eigenvalue weighted by Crippen LogP contribution is -2.11. The summed E-state index contributed by atoms with van der Waals surface area (Å²) in [5, 5.41) is 15.5. The second kappa shape index (κ2) is 13.4. The van der Waals surface area contributed by atoms with Crippen LogP contribution in [0.25, 0.3) is 17.5 Å². The first-order chi connectivity index (χ1) is 20.1. The van der Waals surface area contributed by atoms with Gasteiger partial charge in [-0.2, -0.15) is 0 Å². The second-order valence-corrected chi connectivity index (χ2v) is 10.1. The van der Waals surface area contributed by atoms with Crippen LogP contribution in [0, 0.1) is 0 Å². The Morgan fingerprint density at radius 3 is 2.12 bits per heavy atom. The van der Waals surface area contributed by atoms with Gasteiger partial charge in [0, 0.05) is 40.9 Å². The molecule has 4 aromatic carbocycles. The first kappa shape index (κ1) is 27.6. The van der Waals surface area contributed by atoms with E-state index in [0.29, 0.717) is 23.5 Å². The van der Waals surface area contributed by atoms with E-state index in [-0.39, 0.29) is 11.8 Å². The van der Waals surface area contributed by atoms with Gasteiger partial charge < -0.3 is 15.2 Å². The zero-order valence-corrected chi connectivity index (χ0v) is 23.3. The van der Waals surface area contributed by atoms with E-state index >= 15 is 0 Å². The summed E-state index contributed by atoms with van der Waals surface area (Å²) in [5.41, 5.74) is 5.04. The molecule has 204 valence electrons. The Kier molecular flexibility index (Phi) is 9.03. The zero-order valence-electron chi connectivity index (χ0n) is 22.5. The van der Waals surface area contributed by atoms with Crippen LogP contribution in [0.15, 0.2) is 120 Å². The lowest BCUT2D eigenvalue weighted by Gasteiger charge is -2.09. The van der Waals surface area contributed by atoms with Crippen molar-refractivity contribution in [3.05, 3.63) is 132 Å². The highest BCUT2D eigenvalue weighted by Gasteiger charge is 2.14. The third-order valence-electron chi connectivity index (χ3n) is 6.29. The van der Waals surface area contributed by atoms with Crippen molar-refractivity contribution in [2.75, 3.05) is 10.6 Å². The van der Waals surface area contributed by atoms with Gasteiger partial charge in [-0.15, -0.1) is 10.2 Å². The maximum Gasteiger partial charge on any atom is 0.255 e. The minimum Gasteiger partial charge on any atom is -0.323 e. The number of rotatable bonds is 10. The Hall–Kier alpha value is -4.95. The van der Waals surface area contributed by atoms with Gasteiger partial charge in [0.1, 0.15) is 0 Å². The largest absolute Gasteiger partial charge is 0.323 e. The number of benzene rings is 4. The summed E-state index contributed by atoms with van der Waals surface area (Å²) in [6.07, 6.45) is 3.30. The molecule has 1 heterocycles. The van der Waals surface area contributed by atoms with Crippen molar-refractivity contribution in [2.45, 2.75) is 24.4 Å². The van der Waals surface area contributed by atoms with Crippen molar-refractivity contribution >= 4 is 41.0 Å². The molecule has 1 aromatic heterocycles. The van der Waals surface area contributed by atoms with E-state index in [9.17, 15) is 9.59 Å². The molecular weight excluding hydrogens is 530 g/mol. The van der Waals surface area contributed by atoms with Crippen LogP contribution in [0.2, 0.25) is 0 Å². The van der Waals surface area contributed by atoms with Crippen LogP contribution < -0.4 is 10.6 Å². The SMILES string of the molecule is CCn1c(SCc2ccc(C(=O)Nc3ccccc3)cc2)nnc1-c1ccc(NC(=O)/C=C/c2ccccc2)cc1. The first-order valence-corrected chi connectivity index (χ1v) is 14.2. The lowest BCUT2D eigenvalue weighted by atomic mass is 10.1. The highest BCUT2D eigenvalue weighted by atomic mass is 32.2. The minimum atomic E-state index is -0.193. The van der Waals surface area contributed by atoms with Gasteiger partial charge in [0.25, 0.3) is 5.91 Å². The summed E-state index contributed by atoms with van der Waals surface area (Å²) in [5.74, 6) is 1.13. The molecule has 41 heavy (non-hydrogen) atoms. The van der Waals surface area contributed by atoms with Crippen LogP contribution in [-0.2, 0) is 17.1 Å². The molecule has 0 aliphatic rings. The monoisotopic (exact) mass is 559 g/mol. The highest BCUT2D eigenvalue weighted by molar-refractivity contribution is 7.98.